The SMILES string of the molecule is CCN(CC)c1ccc(CNC(=O)N2CCC(O)(C(N)=O)CC2)cc1. The Kier molecular flexibility index (Phi) is 6.25. The minimum atomic E-state index is -1.49. The Balaban J connectivity index is 1.83. The second-order valence-corrected chi connectivity index (χ2v) is 6.38. The number of aliphatic hydroxyl groups is 1. The van der Waals surface area contributed by atoms with E-state index in [1.807, 2.05) is 12.1 Å². The van der Waals surface area contributed by atoms with E-state index >= 15 is 0 Å². The summed E-state index contributed by atoms with van der Waals surface area (Å²) >= 11 is 0. The topological polar surface area (TPSA) is 98.9 Å². The lowest BCUT2D eigenvalue weighted by Crippen LogP contribution is -2.54. The Hall–Kier alpha value is -2.28. The van der Waals surface area contributed by atoms with Gasteiger partial charge in [-0.05, 0) is 31.5 Å². The first kappa shape index (κ1) is 19.1. The minimum Gasteiger partial charge on any atom is -0.380 e. The molecule has 0 atom stereocenters. The molecule has 138 valence electrons. The van der Waals surface area contributed by atoms with Gasteiger partial charge in [-0.1, -0.05) is 12.1 Å². The molecule has 2 rings (SSSR count). The number of benzene rings is 1. The van der Waals surface area contributed by atoms with Crippen LogP contribution in [-0.2, 0) is 11.3 Å². The van der Waals surface area contributed by atoms with E-state index in [9.17, 15) is 14.7 Å². The predicted octanol–water partition coefficient (Wildman–Crippen LogP) is 1.05. The molecule has 0 spiro atoms. The van der Waals surface area contributed by atoms with E-state index in [4.69, 9.17) is 5.73 Å². The van der Waals surface area contributed by atoms with E-state index in [1.54, 1.807) is 4.90 Å². The van der Waals surface area contributed by atoms with E-state index in [0.717, 1.165) is 18.7 Å². The third kappa shape index (κ3) is 4.63. The minimum absolute atomic E-state index is 0.175. The van der Waals surface area contributed by atoms with Crippen molar-refractivity contribution in [2.75, 3.05) is 31.1 Å². The van der Waals surface area contributed by atoms with Crippen LogP contribution < -0.4 is 16.0 Å². The van der Waals surface area contributed by atoms with Gasteiger partial charge in [0.25, 0.3) is 0 Å². The Morgan fingerprint density at radius 1 is 1.20 bits per heavy atom. The zero-order valence-corrected chi connectivity index (χ0v) is 15.0. The molecule has 0 radical (unpaired) electrons. The number of likely N-dealkylation sites (tertiary alicyclic amines) is 1. The highest BCUT2D eigenvalue weighted by Crippen LogP contribution is 2.21. The summed E-state index contributed by atoms with van der Waals surface area (Å²) in [6.07, 6.45) is 0.350. The Morgan fingerprint density at radius 2 is 1.76 bits per heavy atom. The molecule has 3 amide bonds. The van der Waals surface area contributed by atoms with Crippen molar-refractivity contribution in [1.82, 2.24) is 10.2 Å². The standard InChI is InChI=1S/C18H28N4O3/c1-3-21(4-2)15-7-5-14(6-8-15)13-20-17(24)22-11-9-18(25,10-12-22)16(19)23/h5-8,25H,3-4,9-13H2,1-2H3,(H2,19,23)(H,20,24). The van der Waals surface area contributed by atoms with E-state index in [0.29, 0.717) is 19.6 Å². The molecule has 25 heavy (non-hydrogen) atoms. The van der Waals surface area contributed by atoms with Crippen molar-refractivity contribution in [2.45, 2.75) is 38.8 Å². The number of hydrogen-bond acceptors (Lipinski definition) is 4. The highest BCUT2D eigenvalue weighted by atomic mass is 16.3. The van der Waals surface area contributed by atoms with Gasteiger partial charge < -0.3 is 26.0 Å². The van der Waals surface area contributed by atoms with Crippen molar-refractivity contribution in [3.8, 4) is 0 Å². The summed E-state index contributed by atoms with van der Waals surface area (Å²) in [7, 11) is 0. The van der Waals surface area contributed by atoms with E-state index in [2.05, 4.69) is 36.2 Å². The first-order valence-electron chi connectivity index (χ1n) is 8.78. The maximum absolute atomic E-state index is 12.2. The molecule has 1 aliphatic rings. The number of primary amides is 1. The van der Waals surface area contributed by atoms with Crippen LogP contribution in [0.3, 0.4) is 0 Å². The predicted molar refractivity (Wildman–Crippen MR) is 97.2 cm³/mol. The summed E-state index contributed by atoms with van der Waals surface area (Å²) in [5.74, 6) is -0.721. The molecule has 0 saturated carbocycles. The molecule has 0 aromatic heterocycles. The number of carbonyl (C=O) groups is 2. The first-order chi connectivity index (χ1) is 11.9. The van der Waals surface area contributed by atoms with Crippen molar-refractivity contribution in [1.29, 1.82) is 0 Å². The third-order valence-corrected chi connectivity index (χ3v) is 4.85. The monoisotopic (exact) mass is 348 g/mol. The summed E-state index contributed by atoms with van der Waals surface area (Å²) in [6.45, 7) is 7.22. The molecular formula is C18H28N4O3. The largest absolute Gasteiger partial charge is 0.380 e. The van der Waals surface area contributed by atoms with E-state index in [-0.39, 0.29) is 18.9 Å². The van der Waals surface area contributed by atoms with Crippen LogP contribution in [0.5, 0.6) is 0 Å². The highest BCUT2D eigenvalue weighted by Gasteiger charge is 2.38. The fourth-order valence-corrected chi connectivity index (χ4v) is 3.03. The van der Waals surface area contributed by atoms with Gasteiger partial charge in [0.1, 0.15) is 5.60 Å². The zero-order valence-electron chi connectivity index (χ0n) is 15.0. The van der Waals surface area contributed by atoms with Crippen molar-refractivity contribution < 1.29 is 14.7 Å². The number of nitrogens with two attached hydrogens (primary N) is 1. The molecule has 0 aliphatic carbocycles. The number of hydrogen-bond donors (Lipinski definition) is 3. The molecule has 1 heterocycles. The fourth-order valence-electron chi connectivity index (χ4n) is 3.03. The average molecular weight is 348 g/mol. The molecule has 1 aromatic rings. The van der Waals surface area contributed by atoms with Crippen LogP contribution in [0.25, 0.3) is 0 Å². The lowest BCUT2D eigenvalue weighted by atomic mass is 9.91. The number of rotatable bonds is 6. The van der Waals surface area contributed by atoms with Crippen molar-refractivity contribution >= 4 is 17.6 Å². The number of urea groups is 1. The Labute approximate surface area is 148 Å². The molecular weight excluding hydrogens is 320 g/mol. The van der Waals surface area contributed by atoms with Gasteiger partial charge in [0.2, 0.25) is 5.91 Å². The number of nitrogens with one attached hydrogen (secondary N) is 1. The molecule has 0 unspecified atom stereocenters. The molecule has 0 bridgehead atoms. The molecule has 1 saturated heterocycles. The summed E-state index contributed by atoms with van der Waals surface area (Å²) in [4.78, 5) is 27.3. The summed E-state index contributed by atoms with van der Waals surface area (Å²) in [5.41, 5.74) is 5.90. The van der Waals surface area contributed by atoms with Gasteiger partial charge >= 0.3 is 6.03 Å². The van der Waals surface area contributed by atoms with Gasteiger partial charge in [0.15, 0.2) is 0 Å². The maximum atomic E-state index is 12.2. The van der Waals surface area contributed by atoms with Gasteiger partial charge in [-0.2, -0.15) is 0 Å². The lowest BCUT2D eigenvalue weighted by Gasteiger charge is -2.35. The van der Waals surface area contributed by atoms with Crippen LogP contribution in [0.15, 0.2) is 24.3 Å². The second-order valence-electron chi connectivity index (χ2n) is 6.38. The quantitative estimate of drug-likeness (QED) is 0.716. The van der Waals surface area contributed by atoms with Crippen LogP contribution in [0.4, 0.5) is 10.5 Å². The Bertz CT molecular complexity index is 591. The summed E-state index contributed by atoms with van der Waals surface area (Å²) in [5, 5.41) is 12.9. The zero-order chi connectivity index (χ0) is 18.4. The molecule has 7 heteroatoms. The molecule has 7 nitrogen and oxygen atoms in total. The van der Waals surface area contributed by atoms with Crippen molar-refractivity contribution in [3.05, 3.63) is 29.8 Å². The van der Waals surface area contributed by atoms with Gasteiger partial charge in [-0.3, -0.25) is 4.79 Å². The fraction of sp³-hybridized carbons (Fsp3) is 0.556. The van der Waals surface area contributed by atoms with E-state index < -0.39 is 11.5 Å². The van der Waals surface area contributed by atoms with Gasteiger partial charge in [0.05, 0.1) is 0 Å². The summed E-state index contributed by atoms with van der Waals surface area (Å²) < 4.78 is 0. The normalized spacial score (nSPS) is 16.4. The van der Waals surface area contributed by atoms with Crippen molar-refractivity contribution in [2.24, 2.45) is 5.73 Å². The number of amides is 3. The highest BCUT2D eigenvalue weighted by molar-refractivity contribution is 5.83. The van der Waals surface area contributed by atoms with Crippen LogP contribution >= 0.6 is 0 Å². The number of carbonyl (C=O) groups excluding carboxylic acids is 2. The smallest absolute Gasteiger partial charge is 0.317 e. The van der Waals surface area contributed by atoms with Crippen LogP contribution in [0.1, 0.15) is 32.3 Å². The first-order valence-corrected chi connectivity index (χ1v) is 8.78. The second kappa shape index (κ2) is 8.20. The number of piperidine rings is 1. The van der Waals surface area contributed by atoms with Crippen LogP contribution in [-0.4, -0.2) is 53.7 Å². The van der Waals surface area contributed by atoms with E-state index in [1.165, 1.54) is 5.69 Å². The third-order valence-electron chi connectivity index (χ3n) is 4.85. The number of anilines is 1. The number of nitrogens with zero attached hydrogens (tertiary/aromatic N) is 2. The van der Waals surface area contributed by atoms with Crippen LogP contribution in [0, 0.1) is 0 Å². The van der Waals surface area contributed by atoms with Gasteiger partial charge in [-0.25, -0.2) is 4.79 Å². The molecule has 1 aliphatic heterocycles. The average Bonchev–Trinajstić information content (AvgIpc) is 2.62. The summed E-state index contributed by atoms with van der Waals surface area (Å²) in [6, 6.07) is 7.94. The maximum Gasteiger partial charge on any atom is 0.317 e. The van der Waals surface area contributed by atoms with Crippen molar-refractivity contribution in [3.63, 3.8) is 0 Å². The Morgan fingerprint density at radius 3 is 2.24 bits per heavy atom. The molecule has 1 aromatic carbocycles. The lowest BCUT2D eigenvalue weighted by molar-refractivity contribution is -0.140. The van der Waals surface area contributed by atoms with Crippen LogP contribution in [0.2, 0.25) is 0 Å². The van der Waals surface area contributed by atoms with Gasteiger partial charge in [-0.15, -0.1) is 0 Å². The molecule has 1 fully saturated rings. The van der Waals surface area contributed by atoms with Gasteiger partial charge in [0, 0.05) is 51.3 Å². The molecule has 4 N–H and O–H groups in total.